The lowest BCUT2D eigenvalue weighted by atomic mass is 10.1. The second-order valence-electron chi connectivity index (χ2n) is 10.1. The number of rotatable bonds is 12. The standard InChI is InChI=1S/C30H38N8O4/c1-4-23-29(42-19(2)34-23)36-30-35-24-16-21(28(32)39)17-25(40-3)27(24)38(30)11-6-5-10-33-26-20(8-7-9-22(26)31)18-37-12-14-41-15-13-37/h5-9,16-17,33H,4,10-15,18,31H2,1-3H3,(H2,32,39)(H,35,36)/b6-5+. The zero-order valence-electron chi connectivity index (χ0n) is 24.3. The van der Waals surface area contributed by atoms with Crippen molar-refractivity contribution < 1.29 is 18.7 Å². The van der Waals surface area contributed by atoms with Crippen LogP contribution in [0.25, 0.3) is 11.0 Å². The number of allylic oxidation sites excluding steroid dienone is 1. The summed E-state index contributed by atoms with van der Waals surface area (Å²) in [5.41, 5.74) is 17.1. The highest BCUT2D eigenvalue weighted by molar-refractivity contribution is 5.99. The quantitative estimate of drug-likeness (QED) is 0.145. The van der Waals surface area contributed by atoms with Gasteiger partial charge >= 0.3 is 0 Å². The number of anilines is 4. The van der Waals surface area contributed by atoms with Crippen LogP contribution in [0.15, 0.2) is 46.9 Å². The number of nitrogen functional groups attached to an aromatic ring is 1. The van der Waals surface area contributed by atoms with Crippen LogP contribution in [0.4, 0.5) is 23.2 Å². The average molecular weight is 575 g/mol. The lowest BCUT2D eigenvalue weighted by molar-refractivity contribution is 0.0343. The van der Waals surface area contributed by atoms with Gasteiger partial charge in [0.15, 0.2) is 5.89 Å². The van der Waals surface area contributed by atoms with Crippen molar-refractivity contribution in [3.63, 3.8) is 0 Å². The van der Waals surface area contributed by atoms with E-state index in [9.17, 15) is 4.79 Å². The maximum Gasteiger partial charge on any atom is 0.248 e. The summed E-state index contributed by atoms with van der Waals surface area (Å²) in [5, 5.41) is 6.79. The van der Waals surface area contributed by atoms with E-state index in [1.54, 1.807) is 26.2 Å². The number of benzene rings is 2. The van der Waals surface area contributed by atoms with Crippen LogP contribution >= 0.6 is 0 Å². The maximum atomic E-state index is 12.0. The molecule has 3 heterocycles. The minimum atomic E-state index is -0.558. The number of fused-ring (bicyclic) bond motifs is 1. The molecule has 1 fully saturated rings. The number of nitrogens with two attached hydrogens (primary N) is 2. The summed E-state index contributed by atoms with van der Waals surface area (Å²) in [6, 6.07) is 9.29. The molecule has 0 spiro atoms. The van der Waals surface area contributed by atoms with E-state index in [2.05, 4.69) is 26.6 Å². The first kappa shape index (κ1) is 29.0. The highest BCUT2D eigenvalue weighted by Gasteiger charge is 2.20. The number of imidazole rings is 1. The number of methoxy groups -OCH3 is 1. The van der Waals surface area contributed by atoms with E-state index in [0.717, 1.165) is 55.3 Å². The molecule has 12 nitrogen and oxygen atoms in total. The lowest BCUT2D eigenvalue weighted by Crippen LogP contribution is -2.35. The van der Waals surface area contributed by atoms with Crippen LogP contribution in [-0.2, 0) is 24.2 Å². The number of para-hydroxylation sites is 1. The summed E-state index contributed by atoms with van der Waals surface area (Å²) in [7, 11) is 1.55. The molecule has 0 bridgehead atoms. The van der Waals surface area contributed by atoms with Gasteiger partial charge in [-0.1, -0.05) is 31.2 Å². The van der Waals surface area contributed by atoms with Crippen LogP contribution in [0, 0.1) is 6.92 Å². The van der Waals surface area contributed by atoms with Crippen molar-refractivity contribution in [3.8, 4) is 5.75 Å². The highest BCUT2D eigenvalue weighted by Crippen LogP contribution is 2.33. The molecule has 0 radical (unpaired) electrons. The molecule has 0 unspecified atom stereocenters. The van der Waals surface area contributed by atoms with E-state index in [1.807, 2.05) is 35.8 Å². The molecule has 1 saturated heterocycles. The highest BCUT2D eigenvalue weighted by atomic mass is 16.5. The Balaban J connectivity index is 1.38. The Morgan fingerprint density at radius 2 is 2.00 bits per heavy atom. The van der Waals surface area contributed by atoms with E-state index in [4.69, 9.17) is 30.3 Å². The monoisotopic (exact) mass is 574 g/mol. The summed E-state index contributed by atoms with van der Waals surface area (Å²) in [6.45, 7) is 8.96. The summed E-state index contributed by atoms with van der Waals surface area (Å²) >= 11 is 0. The number of amides is 1. The summed E-state index contributed by atoms with van der Waals surface area (Å²) in [6.07, 6.45) is 4.77. The number of carbonyl (C=O) groups is 1. The molecule has 2 aromatic carbocycles. The topological polar surface area (TPSA) is 159 Å². The van der Waals surface area contributed by atoms with Crippen LogP contribution in [0.1, 0.15) is 34.4 Å². The molecule has 0 aliphatic carbocycles. The second-order valence-corrected chi connectivity index (χ2v) is 10.1. The molecule has 42 heavy (non-hydrogen) atoms. The third-order valence-electron chi connectivity index (χ3n) is 7.21. The number of carbonyl (C=O) groups excluding carboxylic acids is 1. The first-order valence-electron chi connectivity index (χ1n) is 14.1. The van der Waals surface area contributed by atoms with Crippen molar-refractivity contribution in [1.29, 1.82) is 0 Å². The first-order chi connectivity index (χ1) is 20.4. The van der Waals surface area contributed by atoms with Gasteiger partial charge in [-0.3, -0.25) is 15.0 Å². The summed E-state index contributed by atoms with van der Waals surface area (Å²) in [5.74, 6) is 1.54. The normalized spacial score (nSPS) is 14.1. The Labute approximate surface area is 244 Å². The smallest absolute Gasteiger partial charge is 0.248 e. The van der Waals surface area contributed by atoms with Crippen LogP contribution < -0.4 is 26.8 Å². The van der Waals surface area contributed by atoms with Gasteiger partial charge in [0.2, 0.25) is 17.7 Å². The molecular weight excluding hydrogens is 536 g/mol. The lowest BCUT2D eigenvalue weighted by Gasteiger charge is -2.27. The van der Waals surface area contributed by atoms with Crippen LogP contribution in [-0.4, -0.2) is 65.3 Å². The number of nitrogens with zero attached hydrogens (tertiary/aromatic N) is 4. The van der Waals surface area contributed by atoms with Gasteiger partial charge in [-0.15, -0.1) is 0 Å². The van der Waals surface area contributed by atoms with Crippen molar-refractivity contribution in [2.75, 3.05) is 56.3 Å². The molecule has 0 saturated carbocycles. The van der Waals surface area contributed by atoms with Gasteiger partial charge in [-0.2, -0.15) is 0 Å². The minimum Gasteiger partial charge on any atom is -0.494 e. The summed E-state index contributed by atoms with van der Waals surface area (Å²) < 4.78 is 18.9. The molecule has 1 aliphatic heterocycles. The number of aromatic nitrogens is 3. The molecule has 1 aliphatic rings. The first-order valence-corrected chi connectivity index (χ1v) is 14.1. The van der Waals surface area contributed by atoms with E-state index < -0.39 is 5.91 Å². The molecule has 6 N–H and O–H groups in total. The zero-order valence-corrected chi connectivity index (χ0v) is 24.3. The fourth-order valence-electron chi connectivity index (χ4n) is 5.10. The van der Waals surface area contributed by atoms with Gasteiger partial charge in [0.05, 0.1) is 37.2 Å². The van der Waals surface area contributed by atoms with Gasteiger partial charge in [0, 0.05) is 45.2 Å². The third-order valence-corrected chi connectivity index (χ3v) is 7.21. The van der Waals surface area contributed by atoms with E-state index in [-0.39, 0.29) is 0 Å². The summed E-state index contributed by atoms with van der Waals surface area (Å²) in [4.78, 5) is 23.5. The van der Waals surface area contributed by atoms with Crippen molar-refractivity contribution in [2.24, 2.45) is 5.73 Å². The number of aryl methyl sites for hydroxylation is 2. The number of hydrogen-bond donors (Lipinski definition) is 4. The minimum absolute atomic E-state index is 0.313. The molecule has 12 heteroatoms. The number of nitrogens with one attached hydrogen (secondary N) is 2. The third kappa shape index (κ3) is 6.34. The van der Waals surface area contributed by atoms with Crippen LogP contribution in [0.2, 0.25) is 0 Å². The zero-order chi connectivity index (χ0) is 29.6. The number of ether oxygens (including phenoxy) is 2. The number of hydrogen-bond acceptors (Lipinski definition) is 10. The van der Waals surface area contributed by atoms with Gasteiger partial charge in [0.1, 0.15) is 17.0 Å². The Bertz CT molecular complexity index is 1590. The molecular formula is C30H38N8O4. The molecule has 2 aromatic heterocycles. The predicted octanol–water partition coefficient (Wildman–Crippen LogP) is 3.83. The second kappa shape index (κ2) is 13.0. The fraction of sp³-hybridized carbons (Fsp3) is 0.367. The largest absolute Gasteiger partial charge is 0.494 e. The maximum absolute atomic E-state index is 12.0. The molecule has 1 amide bonds. The molecule has 5 rings (SSSR count). The number of primary amides is 1. The molecule has 222 valence electrons. The average Bonchev–Trinajstić information content (AvgIpc) is 3.52. The van der Waals surface area contributed by atoms with Crippen LogP contribution in [0.3, 0.4) is 0 Å². The van der Waals surface area contributed by atoms with E-state index >= 15 is 0 Å². The van der Waals surface area contributed by atoms with E-state index in [1.165, 1.54) is 0 Å². The number of morpholine rings is 1. The van der Waals surface area contributed by atoms with Crippen molar-refractivity contribution in [1.82, 2.24) is 19.4 Å². The number of oxazole rings is 1. The van der Waals surface area contributed by atoms with Crippen molar-refractivity contribution >= 4 is 40.1 Å². The SMILES string of the molecule is CCc1nc(C)oc1Nc1nc2cc(C(N)=O)cc(OC)c2n1C/C=C/CNc1c(N)cccc1CN1CCOCC1. The van der Waals surface area contributed by atoms with Gasteiger partial charge < -0.3 is 35.2 Å². The molecule has 4 aromatic rings. The van der Waals surface area contributed by atoms with Gasteiger partial charge in [-0.05, 0) is 30.2 Å². The Hall–Kier alpha value is -4.55. The van der Waals surface area contributed by atoms with Crippen molar-refractivity contribution in [2.45, 2.75) is 33.4 Å². The van der Waals surface area contributed by atoms with Gasteiger partial charge in [-0.25, -0.2) is 9.97 Å². The van der Waals surface area contributed by atoms with Crippen molar-refractivity contribution in [3.05, 3.63) is 65.2 Å². The Morgan fingerprint density at radius 3 is 2.74 bits per heavy atom. The fourth-order valence-corrected chi connectivity index (χ4v) is 5.10. The van der Waals surface area contributed by atoms with Gasteiger partial charge in [0.25, 0.3) is 0 Å². The Morgan fingerprint density at radius 1 is 1.19 bits per heavy atom. The molecule has 0 atom stereocenters. The van der Waals surface area contributed by atoms with Crippen LogP contribution in [0.5, 0.6) is 5.75 Å². The van der Waals surface area contributed by atoms with E-state index in [0.29, 0.717) is 59.8 Å². The predicted molar refractivity (Wildman–Crippen MR) is 163 cm³/mol. The Kier molecular flexibility index (Phi) is 8.94.